The van der Waals surface area contributed by atoms with E-state index in [0.717, 1.165) is 0 Å². The van der Waals surface area contributed by atoms with Crippen molar-refractivity contribution in [3.8, 4) is 12.1 Å². The molecule has 0 radical (unpaired) electrons. The Morgan fingerprint density at radius 3 is 1.85 bits per heavy atom. The van der Waals surface area contributed by atoms with Crippen LogP contribution in [0, 0.1) is 22.7 Å². The Kier molecular flexibility index (Phi) is 3.37. The average molecular weight is 262 g/mol. The molecule has 0 bridgehead atoms. The predicted octanol–water partition coefficient (Wildman–Crippen LogP) is 1.83. The lowest BCUT2D eigenvalue weighted by atomic mass is 9.97. The van der Waals surface area contributed by atoms with Gasteiger partial charge in [-0.2, -0.15) is 10.5 Å². The van der Waals surface area contributed by atoms with Crippen LogP contribution in [0.5, 0.6) is 0 Å². The Morgan fingerprint density at radius 2 is 1.40 bits per heavy atom. The summed E-state index contributed by atoms with van der Waals surface area (Å²) in [7, 11) is 0. The number of carbonyl (C=O) groups excluding carboxylic acids is 1. The molecule has 0 spiro atoms. The highest BCUT2D eigenvalue weighted by molar-refractivity contribution is 6.09. The second-order valence-electron chi connectivity index (χ2n) is 4.16. The molecule has 0 aromatic heterocycles. The lowest BCUT2D eigenvalue weighted by Gasteiger charge is -2.06. The molecule has 5 nitrogen and oxygen atoms in total. The summed E-state index contributed by atoms with van der Waals surface area (Å²) in [5.74, 6) is -0.294. The van der Waals surface area contributed by atoms with E-state index < -0.39 is 0 Å². The van der Waals surface area contributed by atoms with Crippen LogP contribution in [-0.2, 0) is 0 Å². The van der Waals surface area contributed by atoms with Gasteiger partial charge in [0.15, 0.2) is 5.78 Å². The van der Waals surface area contributed by atoms with Gasteiger partial charge in [-0.1, -0.05) is 0 Å². The second kappa shape index (κ2) is 5.13. The van der Waals surface area contributed by atoms with Gasteiger partial charge in [0.2, 0.25) is 0 Å². The number of nitrogens with two attached hydrogens (primary N) is 2. The van der Waals surface area contributed by atoms with Crippen LogP contribution in [-0.4, -0.2) is 5.78 Å². The summed E-state index contributed by atoms with van der Waals surface area (Å²) in [6, 6.07) is 12.9. The highest BCUT2D eigenvalue weighted by Crippen LogP contribution is 2.21. The first-order valence-electron chi connectivity index (χ1n) is 5.70. The number of nitrogen functional groups attached to an aromatic ring is 2. The Labute approximate surface area is 115 Å². The molecule has 0 amide bonds. The van der Waals surface area contributed by atoms with Gasteiger partial charge < -0.3 is 11.5 Å². The zero-order chi connectivity index (χ0) is 14.7. The summed E-state index contributed by atoms with van der Waals surface area (Å²) in [6.45, 7) is 0. The monoisotopic (exact) mass is 262 g/mol. The lowest BCUT2D eigenvalue weighted by molar-refractivity contribution is 0.103. The zero-order valence-corrected chi connectivity index (χ0v) is 10.4. The number of hydrogen-bond acceptors (Lipinski definition) is 5. The van der Waals surface area contributed by atoms with Crippen LogP contribution in [0.4, 0.5) is 11.4 Å². The van der Waals surface area contributed by atoms with Crippen molar-refractivity contribution < 1.29 is 4.79 Å². The van der Waals surface area contributed by atoms with Gasteiger partial charge in [0, 0.05) is 16.8 Å². The molecule has 20 heavy (non-hydrogen) atoms. The van der Waals surface area contributed by atoms with Crippen LogP contribution in [0.2, 0.25) is 0 Å². The molecule has 0 saturated heterocycles. The van der Waals surface area contributed by atoms with E-state index in [2.05, 4.69) is 0 Å². The molecule has 0 aliphatic carbocycles. The standard InChI is InChI=1S/C15H10N4O/c16-7-11-5-10(6-12(8-17)14(11)19)15(20)9-1-3-13(18)4-2-9/h1-6H,18-19H2. The first-order valence-corrected chi connectivity index (χ1v) is 5.70. The summed E-state index contributed by atoms with van der Waals surface area (Å²) in [5.41, 5.74) is 12.8. The van der Waals surface area contributed by atoms with Crippen LogP contribution in [0.1, 0.15) is 27.0 Å². The molecule has 5 heteroatoms. The van der Waals surface area contributed by atoms with Crippen molar-refractivity contribution in [2.75, 3.05) is 11.5 Å². The minimum atomic E-state index is -0.294. The molecule has 0 fully saturated rings. The Hall–Kier alpha value is -3.31. The van der Waals surface area contributed by atoms with Gasteiger partial charge in [-0.25, -0.2) is 0 Å². The molecule has 2 rings (SSSR count). The number of ketones is 1. The topological polar surface area (TPSA) is 117 Å². The van der Waals surface area contributed by atoms with Crippen molar-refractivity contribution in [3.63, 3.8) is 0 Å². The number of benzene rings is 2. The largest absolute Gasteiger partial charge is 0.399 e. The molecule has 0 aliphatic heterocycles. The maximum Gasteiger partial charge on any atom is 0.193 e. The fourth-order valence-corrected chi connectivity index (χ4v) is 1.77. The van der Waals surface area contributed by atoms with Crippen molar-refractivity contribution in [1.82, 2.24) is 0 Å². The maximum atomic E-state index is 12.3. The van der Waals surface area contributed by atoms with Crippen molar-refractivity contribution in [2.24, 2.45) is 0 Å². The number of nitrogens with zero attached hydrogens (tertiary/aromatic N) is 2. The minimum Gasteiger partial charge on any atom is -0.399 e. The van der Waals surface area contributed by atoms with Crippen molar-refractivity contribution in [3.05, 3.63) is 58.7 Å². The van der Waals surface area contributed by atoms with E-state index in [9.17, 15) is 4.79 Å². The SMILES string of the molecule is N#Cc1cc(C(=O)c2ccc(N)cc2)cc(C#N)c1N. The smallest absolute Gasteiger partial charge is 0.193 e. The summed E-state index contributed by atoms with van der Waals surface area (Å²) in [4.78, 5) is 12.3. The van der Waals surface area contributed by atoms with E-state index in [1.54, 1.807) is 24.3 Å². The van der Waals surface area contributed by atoms with Crippen LogP contribution in [0.3, 0.4) is 0 Å². The molecule has 2 aromatic carbocycles. The van der Waals surface area contributed by atoms with Gasteiger partial charge >= 0.3 is 0 Å². The van der Waals surface area contributed by atoms with Gasteiger partial charge in [-0.3, -0.25) is 4.79 Å². The van der Waals surface area contributed by atoms with E-state index in [1.165, 1.54) is 12.1 Å². The molecule has 0 unspecified atom stereocenters. The van der Waals surface area contributed by atoms with Crippen LogP contribution >= 0.6 is 0 Å². The second-order valence-corrected chi connectivity index (χ2v) is 4.16. The minimum absolute atomic E-state index is 0.0869. The zero-order valence-electron chi connectivity index (χ0n) is 10.4. The third-order valence-electron chi connectivity index (χ3n) is 2.86. The van der Waals surface area contributed by atoms with E-state index in [4.69, 9.17) is 22.0 Å². The van der Waals surface area contributed by atoms with Gasteiger partial charge in [-0.05, 0) is 36.4 Å². The molecular weight excluding hydrogens is 252 g/mol. The first kappa shape index (κ1) is 13.1. The van der Waals surface area contributed by atoms with Crippen LogP contribution in [0.15, 0.2) is 36.4 Å². The summed E-state index contributed by atoms with van der Waals surface area (Å²) in [5, 5.41) is 18.0. The third kappa shape index (κ3) is 2.29. The number of anilines is 2. The van der Waals surface area contributed by atoms with Crippen LogP contribution < -0.4 is 11.5 Å². The van der Waals surface area contributed by atoms with E-state index in [0.29, 0.717) is 11.3 Å². The molecule has 0 heterocycles. The van der Waals surface area contributed by atoms with Crippen molar-refractivity contribution in [1.29, 1.82) is 10.5 Å². The van der Waals surface area contributed by atoms with Crippen molar-refractivity contribution in [2.45, 2.75) is 0 Å². The van der Waals surface area contributed by atoms with Gasteiger partial charge in [0.25, 0.3) is 0 Å². The predicted molar refractivity (Wildman–Crippen MR) is 74.6 cm³/mol. The Morgan fingerprint density at radius 1 is 0.900 bits per heavy atom. The van der Waals surface area contributed by atoms with Gasteiger partial charge in [0.1, 0.15) is 12.1 Å². The fraction of sp³-hybridized carbons (Fsp3) is 0. The highest BCUT2D eigenvalue weighted by Gasteiger charge is 2.14. The fourth-order valence-electron chi connectivity index (χ4n) is 1.77. The van der Waals surface area contributed by atoms with E-state index >= 15 is 0 Å². The van der Waals surface area contributed by atoms with Crippen molar-refractivity contribution >= 4 is 17.2 Å². The molecule has 2 aromatic rings. The summed E-state index contributed by atoms with van der Waals surface area (Å²) in [6.07, 6.45) is 0. The van der Waals surface area contributed by atoms with Crippen LogP contribution in [0.25, 0.3) is 0 Å². The molecule has 0 atom stereocenters. The first-order chi connectivity index (χ1) is 9.56. The quantitative estimate of drug-likeness (QED) is 0.632. The number of hydrogen-bond donors (Lipinski definition) is 2. The Bertz CT molecular complexity index is 729. The number of nitriles is 2. The average Bonchev–Trinajstić information content (AvgIpc) is 2.47. The number of carbonyl (C=O) groups is 1. The van der Waals surface area contributed by atoms with E-state index in [1.807, 2.05) is 12.1 Å². The lowest BCUT2D eigenvalue weighted by Crippen LogP contribution is -2.05. The normalized spacial score (nSPS) is 9.50. The number of rotatable bonds is 2. The highest BCUT2D eigenvalue weighted by atomic mass is 16.1. The summed E-state index contributed by atoms with van der Waals surface area (Å²) < 4.78 is 0. The maximum absolute atomic E-state index is 12.3. The Balaban J connectivity index is 2.54. The third-order valence-corrected chi connectivity index (χ3v) is 2.86. The van der Waals surface area contributed by atoms with Gasteiger partial charge in [0.05, 0.1) is 16.8 Å². The molecule has 4 N–H and O–H groups in total. The molecular formula is C15H10N4O. The molecule has 96 valence electrons. The van der Waals surface area contributed by atoms with Gasteiger partial charge in [-0.15, -0.1) is 0 Å². The molecule has 0 aliphatic rings. The van der Waals surface area contributed by atoms with E-state index in [-0.39, 0.29) is 28.2 Å². The molecule has 0 saturated carbocycles. The summed E-state index contributed by atoms with van der Waals surface area (Å²) >= 11 is 0.